The number of aliphatic hydroxyl groups excluding tert-OH is 1. The van der Waals surface area contributed by atoms with E-state index < -0.39 is 53.6 Å². The van der Waals surface area contributed by atoms with Crippen molar-refractivity contribution >= 4 is 39.6 Å². The van der Waals surface area contributed by atoms with Crippen molar-refractivity contribution in [2.45, 2.75) is 73.7 Å². The minimum Gasteiger partial charge on any atom is -0.455 e. The van der Waals surface area contributed by atoms with E-state index in [9.17, 15) is 24.3 Å². The fourth-order valence-electron chi connectivity index (χ4n) is 7.12. The number of nitrogens with zero attached hydrogens (tertiary/aromatic N) is 2. The van der Waals surface area contributed by atoms with E-state index >= 15 is 0 Å². The zero-order valence-electron chi connectivity index (χ0n) is 26.6. The van der Waals surface area contributed by atoms with Gasteiger partial charge in [0.2, 0.25) is 17.7 Å². The number of rotatable bonds is 18. The molecule has 2 bridgehead atoms. The van der Waals surface area contributed by atoms with Gasteiger partial charge in [0, 0.05) is 38.0 Å². The first-order valence-corrected chi connectivity index (χ1v) is 16.9. The van der Waals surface area contributed by atoms with Crippen LogP contribution in [0.3, 0.4) is 0 Å². The molecule has 3 aliphatic heterocycles. The lowest BCUT2D eigenvalue weighted by molar-refractivity contribution is -0.163. The smallest absolute Gasteiger partial charge is 0.313 e. The molecule has 3 aliphatic rings. The highest BCUT2D eigenvalue weighted by atomic mass is 79.9. The summed E-state index contributed by atoms with van der Waals surface area (Å²) in [6.07, 6.45) is 4.29. The van der Waals surface area contributed by atoms with E-state index in [0.29, 0.717) is 31.5 Å². The third kappa shape index (κ3) is 7.10. The number of likely N-dealkylation sites (tertiary alicyclic amines) is 1. The quantitative estimate of drug-likeness (QED) is 0.136. The molecule has 1 spiro atoms. The van der Waals surface area contributed by atoms with Crippen LogP contribution >= 0.6 is 15.9 Å². The Morgan fingerprint density at radius 3 is 2.63 bits per heavy atom. The number of fused-ring (bicyclic) bond motifs is 1. The molecule has 0 radical (unpaired) electrons. The molecule has 12 heteroatoms. The van der Waals surface area contributed by atoms with E-state index in [1.807, 2.05) is 13.0 Å². The molecule has 11 nitrogen and oxygen atoms in total. The Kier molecular flexibility index (Phi) is 12.6. The maximum Gasteiger partial charge on any atom is 0.313 e. The number of alkyl halides is 1. The number of nitrogens with one attached hydrogen (secondary N) is 1. The van der Waals surface area contributed by atoms with E-state index in [0.717, 1.165) is 12.8 Å². The first-order chi connectivity index (χ1) is 22.2. The SMILES string of the molecule is C=CCCC(=O)N[C@@H](COC)[C@@H](OC(=O)[C@H]1[C@@H]2O[C@@]3(CC2Br)[C@@H]1C(=O)N(CCO)[C@@H]3C(=O)N(CC=C)CCCC)c1ccccc1. The lowest BCUT2D eigenvalue weighted by atomic mass is 9.70. The fourth-order valence-corrected chi connectivity index (χ4v) is 8.06. The number of hydrogen-bond donors (Lipinski definition) is 2. The van der Waals surface area contributed by atoms with Crippen molar-refractivity contribution in [3.63, 3.8) is 0 Å². The molecular weight excluding hydrogens is 658 g/mol. The van der Waals surface area contributed by atoms with Crippen LogP contribution in [0.25, 0.3) is 0 Å². The van der Waals surface area contributed by atoms with Crippen molar-refractivity contribution in [3.8, 4) is 0 Å². The molecule has 4 rings (SSSR count). The van der Waals surface area contributed by atoms with Crippen LogP contribution in [0.4, 0.5) is 0 Å². The molecule has 8 atom stereocenters. The van der Waals surface area contributed by atoms with Gasteiger partial charge in [-0.05, 0) is 24.8 Å². The van der Waals surface area contributed by atoms with Crippen molar-refractivity contribution in [1.82, 2.24) is 15.1 Å². The summed E-state index contributed by atoms with van der Waals surface area (Å²) in [6, 6.07) is 7.29. The second-order valence-electron chi connectivity index (χ2n) is 12.1. The molecule has 0 aliphatic carbocycles. The summed E-state index contributed by atoms with van der Waals surface area (Å²) in [5, 5.41) is 12.9. The number of unbranched alkanes of at least 4 members (excludes halogenated alkanes) is 1. The summed E-state index contributed by atoms with van der Waals surface area (Å²) >= 11 is 3.68. The summed E-state index contributed by atoms with van der Waals surface area (Å²) in [4.78, 5) is 58.2. The van der Waals surface area contributed by atoms with Crippen molar-refractivity contribution < 1.29 is 38.5 Å². The molecule has 3 heterocycles. The van der Waals surface area contributed by atoms with Crippen LogP contribution in [-0.4, -0.2) is 107 Å². The molecule has 3 fully saturated rings. The number of ether oxygens (including phenoxy) is 3. The molecule has 3 amide bonds. The number of esters is 1. The van der Waals surface area contributed by atoms with E-state index in [1.54, 1.807) is 41.3 Å². The van der Waals surface area contributed by atoms with Crippen LogP contribution in [0.15, 0.2) is 55.6 Å². The van der Waals surface area contributed by atoms with Gasteiger partial charge in [-0.15, -0.1) is 13.2 Å². The molecule has 1 aromatic rings. The predicted molar refractivity (Wildman–Crippen MR) is 175 cm³/mol. The average molecular weight is 705 g/mol. The van der Waals surface area contributed by atoms with Gasteiger partial charge in [-0.1, -0.05) is 71.8 Å². The van der Waals surface area contributed by atoms with Crippen LogP contribution in [0.1, 0.15) is 50.7 Å². The number of hydrogen-bond acceptors (Lipinski definition) is 8. The highest BCUT2D eigenvalue weighted by Gasteiger charge is 2.77. The Hall–Kier alpha value is -3.06. The van der Waals surface area contributed by atoms with Crippen LogP contribution in [-0.2, 0) is 33.4 Å². The fraction of sp³-hybridized carbons (Fsp3) is 0.588. The molecule has 1 aromatic carbocycles. The standard InChI is InChI=1S/C34H46BrN3O8/c1-5-8-15-25(40)36-24(21-44-4)28(22-13-11-10-12-14-22)45-33(43)26-27-31(41)38(18-19-39)30(34(27)20-23(35)29(26)46-34)32(42)37(16-7-3)17-9-6-2/h5,7,10-14,23-24,26-30,39H,1,3,6,8-9,15-21H2,2,4H3,(H,36,40)/t23?,24-,26+,27-,28-,29+,30+,34-/m0/s1. The van der Waals surface area contributed by atoms with Gasteiger partial charge in [0.25, 0.3) is 0 Å². The summed E-state index contributed by atoms with van der Waals surface area (Å²) < 4.78 is 18.3. The average Bonchev–Trinajstić information content (AvgIpc) is 3.64. The summed E-state index contributed by atoms with van der Waals surface area (Å²) in [7, 11) is 1.50. The van der Waals surface area contributed by atoms with E-state index in [-0.39, 0.29) is 42.8 Å². The second kappa shape index (κ2) is 16.2. The number of carbonyl (C=O) groups excluding carboxylic acids is 4. The number of benzene rings is 1. The van der Waals surface area contributed by atoms with Crippen molar-refractivity contribution in [2.75, 3.05) is 40.0 Å². The van der Waals surface area contributed by atoms with Gasteiger partial charge in [-0.25, -0.2) is 0 Å². The van der Waals surface area contributed by atoms with Crippen LogP contribution < -0.4 is 5.32 Å². The van der Waals surface area contributed by atoms with Crippen molar-refractivity contribution in [1.29, 1.82) is 0 Å². The van der Waals surface area contributed by atoms with Gasteiger partial charge in [0.15, 0.2) is 0 Å². The Labute approximate surface area is 279 Å². The topological polar surface area (TPSA) is 135 Å². The third-order valence-corrected chi connectivity index (χ3v) is 9.93. The molecule has 252 valence electrons. The normalized spacial score (nSPS) is 27.5. The number of β-amino-alcohol motifs (C(OH)–C–C–N with tert-alkyl or cyclic N) is 1. The zero-order valence-corrected chi connectivity index (χ0v) is 28.2. The maximum atomic E-state index is 14.3. The van der Waals surface area contributed by atoms with Crippen LogP contribution in [0, 0.1) is 11.8 Å². The van der Waals surface area contributed by atoms with Crippen molar-refractivity contribution in [3.05, 3.63) is 61.2 Å². The number of aliphatic hydroxyl groups is 1. The zero-order chi connectivity index (χ0) is 33.4. The van der Waals surface area contributed by atoms with Gasteiger partial charge in [-0.2, -0.15) is 0 Å². The summed E-state index contributed by atoms with van der Waals surface area (Å²) in [5.41, 5.74) is -0.648. The van der Waals surface area contributed by atoms with Gasteiger partial charge < -0.3 is 34.4 Å². The van der Waals surface area contributed by atoms with Gasteiger partial charge in [-0.3, -0.25) is 19.2 Å². The number of allylic oxidation sites excluding steroid dienone is 1. The minimum atomic E-state index is -1.29. The monoisotopic (exact) mass is 703 g/mol. The molecule has 1 unspecified atom stereocenters. The predicted octanol–water partition coefficient (Wildman–Crippen LogP) is 2.92. The Bertz CT molecular complexity index is 1260. The lowest BCUT2D eigenvalue weighted by Crippen LogP contribution is -2.57. The van der Waals surface area contributed by atoms with E-state index in [1.165, 1.54) is 12.0 Å². The van der Waals surface area contributed by atoms with Gasteiger partial charge in [0.1, 0.15) is 17.7 Å². The van der Waals surface area contributed by atoms with E-state index in [4.69, 9.17) is 14.2 Å². The first kappa shape index (κ1) is 35.8. The number of amides is 3. The first-order valence-electron chi connectivity index (χ1n) is 16.0. The summed E-state index contributed by atoms with van der Waals surface area (Å²) in [6.45, 7) is 9.90. The van der Waals surface area contributed by atoms with Crippen molar-refractivity contribution in [2.24, 2.45) is 11.8 Å². The summed E-state index contributed by atoms with van der Waals surface area (Å²) in [5.74, 6) is -3.66. The van der Waals surface area contributed by atoms with Crippen LogP contribution in [0.2, 0.25) is 0 Å². The molecule has 0 aromatic heterocycles. The molecule has 3 saturated heterocycles. The van der Waals surface area contributed by atoms with Gasteiger partial charge in [0.05, 0.1) is 37.2 Å². The Morgan fingerprint density at radius 1 is 1.26 bits per heavy atom. The largest absolute Gasteiger partial charge is 0.455 e. The molecule has 0 saturated carbocycles. The highest BCUT2D eigenvalue weighted by molar-refractivity contribution is 9.09. The Balaban J connectivity index is 1.69. The van der Waals surface area contributed by atoms with Gasteiger partial charge >= 0.3 is 5.97 Å². The maximum absolute atomic E-state index is 14.3. The van der Waals surface area contributed by atoms with E-state index in [2.05, 4.69) is 34.4 Å². The molecule has 46 heavy (non-hydrogen) atoms. The number of halogens is 1. The third-order valence-electron chi connectivity index (χ3n) is 9.08. The minimum absolute atomic E-state index is 0.0579. The molecular formula is C34H46BrN3O8. The Morgan fingerprint density at radius 2 is 2.00 bits per heavy atom. The number of carbonyl (C=O) groups is 4. The second-order valence-corrected chi connectivity index (χ2v) is 13.2. The molecule has 2 N–H and O–H groups in total. The van der Waals surface area contributed by atoms with Crippen LogP contribution in [0.5, 0.6) is 0 Å². The lowest BCUT2D eigenvalue weighted by Gasteiger charge is -2.37. The highest BCUT2D eigenvalue weighted by Crippen LogP contribution is 2.60. The number of methoxy groups -OCH3 is 1.